The molecular formula is C10H17N3O3. The van der Waals surface area contributed by atoms with Crippen LogP contribution >= 0.6 is 0 Å². The van der Waals surface area contributed by atoms with Crippen LogP contribution in [0.4, 0.5) is 0 Å². The molecule has 1 unspecified atom stereocenters. The normalized spacial score (nSPS) is 20.4. The molecule has 1 aromatic heterocycles. The Morgan fingerprint density at radius 3 is 2.69 bits per heavy atom. The minimum atomic E-state index is -0.353. The Bertz CT molecular complexity index is 339. The van der Waals surface area contributed by atoms with Crippen LogP contribution in [0.1, 0.15) is 37.1 Å². The standard InChI is InChI=1S/C10H17N3O3/c1-14-7(6-11)8-12-9(13-16-8)10(15-2)4-3-5-10/h7H,3-6,11H2,1-2H3. The van der Waals surface area contributed by atoms with E-state index in [2.05, 4.69) is 10.1 Å². The summed E-state index contributed by atoms with van der Waals surface area (Å²) in [4.78, 5) is 4.31. The van der Waals surface area contributed by atoms with E-state index in [0.29, 0.717) is 18.3 Å². The molecule has 0 spiro atoms. The molecule has 1 saturated carbocycles. The number of ether oxygens (including phenoxy) is 2. The number of hydrogen-bond acceptors (Lipinski definition) is 6. The fourth-order valence-corrected chi connectivity index (χ4v) is 1.87. The highest BCUT2D eigenvalue weighted by atomic mass is 16.5. The highest BCUT2D eigenvalue weighted by Crippen LogP contribution is 2.42. The van der Waals surface area contributed by atoms with Crippen molar-refractivity contribution in [3.8, 4) is 0 Å². The highest BCUT2D eigenvalue weighted by molar-refractivity contribution is 5.07. The number of hydrogen-bond donors (Lipinski definition) is 1. The van der Waals surface area contributed by atoms with Crippen LogP contribution in [0.25, 0.3) is 0 Å². The quantitative estimate of drug-likeness (QED) is 0.798. The molecule has 0 aliphatic heterocycles. The van der Waals surface area contributed by atoms with Crippen LogP contribution in [0.2, 0.25) is 0 Å². The summed E-state index contributed by atoms with van der Waals surface area (Å²) in [5.41, 5.74) is 5.18. The Hall–Kier alpha value is -0.980. The van der Waals surface area contributed by atoms with Gasteiger partial charge in [-0.15, -0.1) is 0 Å². The molecule has 6 nitrogen and oxygen atoms in total. The Kier molecular flexibility index (Phi) is 3.22. The zero-order valence-electron chi connectivity index (χ0n) is 9.60. The predicted octanol–water partition coefficient (Wildman–Crippen LogP) is 0.741. The average molecular weight is 227 g/mol. The number of rotatable bonds is 5. The molecular weight excluding hydrogens is 210 g/mol. The first kappa shape index (κ1) is 11.5. The van der Waals surface area contributed by atoms with Gasteiger partial charge in [0, 0.05) is 20.8 Å². The van der Waals surface area contributed by atoms with Crippen LogP contribution in [0.5, 0.6) is 0 Å². The third-order valence-electron chi connectivity index (χ3n) is 3.18. The van der Waals surface area contributed by atoms with Gasteiger partial charge in [-0.2, -0.15) is 4.98 Å². The molecule has 2 N–H and O–H groups in total. The van der Waals surface area contributed by atoms with Crippen LogP contribution in [0, 0.1) is 0 Å². The molecule has 0 radical (unpaired) electrons. The molecule has 1 heterocycles. The second-order valence-corrected chi connectivity index (χ2v) is 3.97. The molecule has 1 aromatic rings. The molecule has 0 aromatic carbocycles. The second kappa shape index (κ2) is 4.48. The smallest absolute Gasteiger partial charge is 0.257 e. The summed E-state index contributed by atoms with van der Waals surface area (Å²) in [6.07, 6.45) is 2.66. The largest absolute Gasteiger partial charge is 0.370 e. The fraction of sp³-hybridized carbons (Fsp3) is 0.800. The molecule has 90 valence electrons. The summed E-state index contributed by atoms with van der Waals surface area (Å²) >= 11 is 0. The van der Waals surface area contributed by atoms with E-state index in [9.17, 15) is 0 Å². The lowest BCUT2D eigenvalue weighted by molar-refractivity contribution is -0.0858. The molecule has 1 atom stereocenters. The SMILES string of the molecule is COC(CN)c1nc(C2(OC)CCC2)no1. The van der Waals surface area contributed by atoms with Gasteiger partial charge in [0.1, 0.15) is 11.7 Å². The van der Waals surface area contributed by atoms with Gasteiger partial charge in [0.15, 0.2) is 0 Å². The molecule has 1 fully saturated rings. The average Bonchev–Trinajstić information content (AvgIpc) is 2.69. The van der Waals surface area contributed by atoms with E-state index in [4.69, 9.17) is 19.7 Å². The predicted molar refractivity (Wildman–Crippen MR) is 55.6 cm³/mol. The lowest BCUT2D eigenvalue weighted by Gasteiger charge is -2.37. The molecule has 0 amide bonds. The molecule has 2 rings (SSSR count). The molecule has 16 heavy (non-hydrogen) atoms. The van der Waals surface area contributed by atoms with E-state index >= 15 is 0 Å². The maximum absolute atomic E-state index is 5.53. The van der Waals surface area contributed by atoms with Crippen LogP contribution in [-0.2, 0) is 15.1 Å². The van der Waals surface area contributed by atoms with Crippen molar-refractivity contribution < 1.29 is 14.0 Å². The Balaban J connectivity index is 2.18. The first-order valence-electron chi connectivity index (χ1n) is 5.38. The minimum Gasteiger partial charge on any atom is -0.370 e. The minimum absolute atomic E-state index is 0.318. The summed E-state index contributed by atoms with van der Waals surface area (Å²) in [6, 6.07) is 0. The summed E-state index contributed by atoms with van der Waals surface area (Å²) in [5.74, 6) is 1.02. The van der Waals surface area contributed by atoms with Crippen molar-refractivity contribution in [2.45, 2.75) is 31.0 Å². The lowest BCUT2D eigenvalue weighted by Crippen LogP contribution is -2.37. The maximum atomic E-state index is 5.53. The summed E-state index contributed by atoms with van der Waals surface area (Å²) in [5, 5.41) is 3.95. The third kappa shape index (κ3) is 1.73. The first-order chi connectivity index (χ1) is 7.75. The highest BCUT2D eigenvalue weighted by Gasteiger charge is 2.43. The van der Waals surface area contributed by atoms with E-state index in [1.807, 2.05) is 0 Å². The molecule has 0 bridgehead atoms. The van der Waals surface area contributed by atoms with E-state index in [1.165, 1.54) is 0 Å². The molecule has 0 saturated heterocycles. The zero-order valence-corrected chi connectivity index (χ0v) is 9.60. The van der Waals surface area contributed by atoms with Gasteiger partial charge in [-0.3, -0.25) is 0 Å². The second-order valence-electron chi connectivity index (χ2n) is 3.97. The Morgan fingerprint density at radius 2 is 2.25 bits per heavy atom. The van der Waals surface area contributed by atoms with E-state index in [1.54, 1.807) is 14.2 Å². The van der Waals surface area contributed by atoms with Crippen LogP contribution < -0.4 is 5.73 Å². The summed E-state index contributed by atoms with van der Waals surface area (Å²) in [7, 11) is 3.24. The first-order valence-corrected chi connectivity index (χ1v) is 5.38. The number of nitrogens with two attached hydrogens (primary N) is 1. The molecule has 1 aliphatic carbocycles. The van der Waals surface area contributed by atoms with Crippen molar-refractivity contribution in [3.63, 3.8) is 0 Å². The van der Waals surface area contributed by atoms with Gasteiger partial charge < -0.3 is 19.7 Å². The van der Waals surface area contributed by atoms with Gasteiger partial charge in [0.05, 0.1) is 0 Å². The van der Waals surface area contributed by atoms with Gasteiger partial charge in [0.2, 0.25) is 5.82 Å². The number of nitrogens with zero attached hydrogens (tertiary/aromatic N) is 2. The monoisotopic (exact) mass is 227 g/mol. The van der Waals surface area contributed by atoms with Crippen molar-refractivity contribution >= 4 is 0 Å². The van der Waals surface area contributed by atoms with Crippen molar-refractivity contribution in [1.29, 1.82) is 0 Å². The molecule has 6 heteroatoms. The van der Waals surface area contributed by atoms with Gasteiger partial charge in [-0.25, -0.2) is 0 Å². The van der Waals surface area contributed by atoms with Gasteiger partial charge >= 0.3 is 0 Å². The topological polar surface area (TPSA) is 83.4 Å². The van der Waals surface area contributed by atoms with E-state index in [-0.39, 0.29) is 11.7 Å². The summed E-state index contributed by atoms with van der Waals surface area (Å²) in [6.45, 7) is 0.318. The van der Waals surface area contributed by atoms with Gasteiger partial charge in [-0.1, -0.05) is 5.16 Å². The maximum Gasteiger partial charge on any atom is 0.257 e. The van der Waals surface area contributed by atoms with E-state index < -0.39 is 0 Å². The van der Waals surface area contributed by atoms with Crippen molar-refractivity contribution in [1.82, 2.24) is 10.1 Å². The third-order valence-corrected chi connectivity index (χ3v) is 3.18. The van der Waals surface area contributed by atoms with E-state index in [0.717, 1.165) is 19.3 Å². The van der Waals surface area contributed by atoms with Crippen LogP contribution in [-0.4, -0.2) is 30.9 Å². The Labute approximate surface area is 94.1 Å². The molecule has 1 aliphatic rings. The number of aromatic nitrogens is 2. The lowest BCUT2D eigenvalue weighted by atomic mass is 9.79. The van der Waals surface area contributed by atoms with Gasteiger partial charge in [0.25, 0.3) is 5.89 Å². The van der Waals surface area contributed by atoms with Crippen molar-refractivity contribution in [3.05, 3.63) is 11.7 Å². The number of methoxy groups -OCH3 is 2. The van der Waals surface area contributed by atoms with Crippen molar-refractivity contribution in [2.75, 3.05) is 20.8 Å². The fourth-order valence-electron chi connectivity index (χ4n) is 1.87. The Morgan fingerprint density at radius 1 is 1.50 bits per heavy atom. The van der Waals surface area contributed by atoms with Crippen molar-refractivity contribution in [2.24, 2.45) is 5.73 Å². The van der Waals surface area contributed by atoms with Gasteiger partial charge in [-0.05, 0) is 19.3 Å². The van der Waals surface area contributed by atoms with Crippen LogP contribution in [0.3, 0.4) is 0 Å². The zero-order chi connectivity index (χ0) is 11.6. The van der Waals surface area contributed by atoms with Crippen LogP contribution in [0.15, 0.2) is 4.52 Å². The summed E-state index contributed by atoms with van der Waals surface area (Å²) < 4.78 is 15.7.